The molecule has 6 heteroatoms. The van der Waals surface area contributed by atoms with Crippen LogP contribution in [0.2, 0.25) is 0 Å². The molecule has 1 atom stereocenters. The Morgan fingerprint density at radius 2 is 2.30 bits per heavy atom. The molecule has 2 aromatic heterocycles. The number of amides is 1. The Morgan fingerprint density at radius 3 is 2.90 bits per heavy atom. The second-order valence-electron chi connectivity index (χ2n) is 4.44. The summed E-state index contributed by atoms with van der Waals surface area (Å²) in [6.45, 7) is 1.59. The van der Waals surface area contributed by atoms with Gasteiger partial charge in [-0.1, -0.05) is 6.07 Å². The van der Waals surface area contributed by atoms with Crippen molar-refractivity contribution in [2.45, 2.75) is 19.3 Å². The lowest BCUT2D eigenvalue weighted by Gasteiger charge is -2.15. The Hall–Kier alpha value is -2.63. The fourth-order valence-corrected chi connectivity index (χ4v) is 2.01. The van der Waals surface area contributed by atoms with Gasteiger partial charge < -0.3 is 15.3 Å². The van der Waals surface area contributed by atoms with Gasteiger partial charge in [0.2, 0.25) is 17.1 Å². The molecule has 2 rings (SSSR count). The average Bonchev–Trinajstić information content (AvgIpc) is 2.41. The number of primary amides is 1. The van der Waals surface area contributed by atoms with Crippen LogP contribution in [0.3, 0.4) is 0 Å². The lowest BCUT2D eigenvalue weighted by molar-refractivity contribution is -0.118. The summed E-state index contributed by atoms with van der Waals surface area (Å²) in [5.74, 6) is -1.34. The quantitative estimate of drug-likeness (QED) is 0.866. The number of pyridine rings is 1. The molecule has 1 amide bonds. The predicted octanol–water partition coefficient (Wildman–Crippen LogP) is 1.06. The fourth-order valence-electron chi connectivity index (χ4n) is 2.01. The van der Waals surface area contributed by atoms with E-state index in [1.54, 1.807) is 25.3 Å². The van der Waals surface area contributed by atoms with Gasteiger partial charge in [0.25, 0.3) is 0 Å². The Labute approximate surface area is 114 Å². The van der Waals surface area contributed by atoms with Crippen LogP contribution >= 0.6 is 0 Å². The van der Waals surface area contributed by atoms with Crippen LogP contribution in [0.1, 0.15) is 29.4 Å². The topological polar surface area (TPSA) is 106 Å². The molecule has 0 unspecified atom stereocenters. The third kappa shape index (κ3) is 2.85. The Bertz CT molecular complexity index is 679. The van der Waals surface area contributed by atoms with Crippen molar-refractivity contribution in [1.29, 1.82) is 0 Å². The van der Waals surface area contributed by atoms with Crippen LogP contribution in [0.5, 0.6) is 5.75 Å². The maximum atomic E-state index is 11.6. The van der Waals surface area contributed by atoms with Gasteiger partial charge in [-0.15, -0.1) is 0 Å². The van der Waals surface area contributed by atoms with E-state index in [1.165, 1.54) is 12.3 Å². The van der Waals surface area contributed by atoms with E-state index >= 15 is 0 Å². The highest BCUT2D eigenvalue weighted by Crippen LogP contribution is 2.32. The highest BCUT2D eigenvalue weighted by molar-refractivity contribution is 5.75. The van der Waals surface area contributed by atoms with Crippen LogP contribution in [0.15, 0.2) is 39.8 Å². The first-order valence-electron chi connectivity index (χ1n) is 6.01. The summed E-state index contributed by atoms with van der Waals surface area (Å²) in [7, 11) is 0. The number of nitrogens with two attached hydrogens (primary N) is 1. The van der Waals surface area contributed by atoms with Gasteiger partial charge in [-0.25, -0.2) is 0 Å². The summed E-state index contributed by atoms with van der Waals surface area (Å²) < 4.78 is 5.42. The number of hydrogen-bond donors (Lipinski definition) is 2. The number of aromatic nitrogens is 1. The summed E-state index contributed by atoms with van der Waals surface area (Å²) in [6.07, 6.45) is 3.03. The normalized spacial score (nSPS) is 12.1. The summed E-state index contributed by atoms with van der Waals surface area (Å²) >= 11 is 0. The van der Waals surface area contributed by atoms with Crippen molar-refractivity contribution in [3.05, 3.63) is 57.9 Å². The van der Waals surface area contributed by atoms with Crippen LogP contribution in [0.4, 0.5) is 0 Å². The fraction of sp³-hybridized carbons (Fsp3) is 0.214. The van der Waals surface area contributed by atoms with Crippen molar-refractivity contribution >= 4 is 5.91 Å². The van der Waals surface area contributed by atoms with Crippen molar-refractivity contribution in [2.24, 2.45) is 5.73 Å². The standard InChI is InChI=1S/C14H14N2O4/c1-8-5-11(17)13(19)14(20-8)10(6-12(15)18)9-3-2-4-16-7-9/h2-5,7,10,19H,6H2,1H3,(H2,15,18)/t10-/m0/s1. The summed E-state index contributed by atoms with van der Waals surface area (Å²) in [4.78, 5) is 26.8. The number of nitrogens with zero attached hydrogens (tertiary/aromatic N) is 1. The van der Waals surface area contributed by atoms with E-state index in [0.29, 0.717) is 11.3 Å². The molecule has 20 heavy (non-hydrogen) atoms. The Kier molecular flexibility index (Phi) is 3.84. The number of aromatic hydroxyl groups is 1. The van der Waals surface area contributed by atoms with Crippen molar-refractivity contribution in [3.8, 4) is 5.75 Å². The van der Waals surface area contributed by atoms with E-state index in [0.717, 1.165) is 0 Å². The van der Waals surface area contributed by atoms with Crippen LogP contribution in [0.25, 0.3) is 0 Å². The van der Waals surface area contributed by atoms with Crippen LogP contribution in [0, 0.1) is 6.92 Å². The minimum Gasteiger partial charge on any atom is -0.502 e. The van der Waals surface area contributed by atoms with E-state index in [2.05, 4.69) is 4.98 Å². The molecule has 0 aliphatic carbocycles. The molecular formula is C14H14N2O4. The molecular weight excluding hydrogens is 260 g/mol. The molecule has 0 aromatic carbocycles. The van der Waals surface area contributed by atoms with E-state index < -0.39 is 23.0 Å². The number of carbonyl (C=O) groups is 1. The maximum absolute atomic E-state index is 11.6. The Morgan fingerprint density at radius 1 is 1.55 bits per heavy atom. The second-order valence-corrected chi connectivity index (χ2v) is 4.44. The minimum atomic E-state index is -0.645. The molecule has 2 aromatic rings. The molecule has 2 heterocycles. The van der Waals surface area contributed by atoms with Crippen molar-refractivity contribution in [1.82, 2.24) is 4.98 Å². The zero-order valence-electron chi connectivity index (χ0n) is 10.9. The van der Waals surface area contributed by atoms with Gasteiger partial charge in [-0.3, -0.25) is 14.6 Å². The first kappa shape index (κ1) is 13.8. The Balaban J connectivity index is 2.58. The van der Waals surface area contributed by atoms with Crippen molar-refractivity contribution < 1.29 is 14.3 Å². The number of hydrogen-bond acceptors (Lipinski definition) is 5. The second kappa shape index (κ2) is 5.56. The minimum absolute atomic E-state index is 0.0294. The smallest absolute Gasteiger partial charge is 0.227 e. The highest BCUT2D eigenvalue weighted by atomic mass is 16.4. The third-order valence-electron chi connectivity index (χ3n) is 2.88. The lowest BCUT2D eigenvalue weighted by atomic mass is 9.93. The molecule has 6 nitrogen and oxygen atoms in total. The average molecular weight is 274 g/mol. The molecule has 0 bridgehead atoms. The van der Waals surface area contributed by atoms with Gasteiger partial charge in [0, 0.05) is 24.9 Å². The predicted molar refractivity (Wildman–Crippen MR) is 71.3 cm³/mol. The largest absolute Gasteiger partial charge is 0.502 e. The van der Waals surface area contributed by atoms with Gasteiger partial charge in [-0.2, -0.15) is 0 Å². The van der Waals surface area contributed by atoms with E-state index in [-0.39, 0.29) is 12.2 Å². The SMILES string of the molecule is Cc1cc(=O)c(O)c([C@@H](CC(N)=O)c2cccnc2)o1. The molecule has 3 N–H and O–H groups in total. The summed E-state index contributed by atoms with van der Waals surface area (Å²) in [5.41, 5.74) is 5.31. The van der Waals surface area contributed by atoms with Gasteiger partial charge in [0.15, 0.2) is 5.76 Å². The molecule has 0 fully saturated rings. The monoisotopic (exact) mass is 274 g/mol. The van der Waals surface area contributed by atoms with Crippen LogP contribution in [-0.4, -0.2) is 16.0 Å². The van der Waals surface area contributed by atoms with E-state index in [9.17, 15) is 14.7 Å². The molecule has 104 valence electrons. The molecule has 0 spiro atoms. The number of aryl methyl sites for hydroxylation is 1. The zero-order chi connectivity index (χ0) is 14.7. The highest BCUT2D eigenvalue weighted by Gasteiger charge is 2.24. The molecule has 0 saturated carbocycles. The maximum Gasteiger partial charge on any atom is 0.227 e. The van der Waals surface area contributed by atoms with Gasteiger partial charge in [-0.05, 0) is 18.6 Å². The molecule has 0 radical (unpaired) electrons. The zero-order valence-corrected chi connectivity index (χ0v) is 10.9. The van der Waals surface area contributed by atoms with E-state index in [1.807, 2.05) is 0 Å². The summed E-state index contributed by atoms with van der Waals surface area (Å²) in [6, 6.07) is 4.60. The van der Waals surface area contributed by atoms with Crippen molar-refractivity contribution in [2.75, 3.05) is 0 Å². The first-order valence-corrected chi connectivity index (χ1v) is 6.01. The van der Waals surface area contributed by atoms with Crippen LogP contribution in [-0.2, 0) is 4.79 Å². The first-order chi connectivity index (χ1) is 9.49. The van der Waals surface area contributed by atoms with Gasteiger partial charge >= 0.3 is 0 Å². The molecule has 0 aliphatic heterocycles. The number of rotatable bonds is 4. The van der Waals surface area contributed by atoms with E-state index in [4.69, 9.17) is 10.2 Å². The number of carbonyl (C=O) groups excluding carboxylic acids is 1. The summed E-state index contributed by atoms with van der Waals surface area (Å²) in [5, 5.41) is 9.89. The van der Waals surface area contributed by atoms with Gasteiger partial charge in [0.1, 0.15) is 5.76 Å². The molecule has 0 aliphatic rings. The lowest BCUT2D eigenvalue weighted by Crippen LogP contribution is -2.18. The molecule has 0 saturated heterocycles. The van der Waals surface area contributed by atoms with Crippen molar-refractivity contribution in [3.63, 3.8) is 0 Å². The van der Waals surface area contributed by atoms with Gasteiger partial charge in [0.05, 0.1) is 5.92 Å². The third-order valence-corrected chi connectivity index (χ3v) is 2.88. The van der Waals surface area contributed by atoms with Crippen LogP contribution < -0.4 is 11.2 Å².